The van der Waals surface area contributed by atoms with Crippen LogP contribution in [0.25, 0.3) is 0 Å². The van der Waals surface area contributed by atoms with Gasteiger partial charge in [-0.05, 0) is 0 Å². The van der Waals surface area contributed by atoms with Crippen LogP contribution in [0.1, 0.15) is 10.5 Å². The first-order chi connectivity index (χ1) is 6.77. The van der Waals surface area contributed by atoms with Gasteiger partial charge < -0.3 is 10.4 Å². The highest BCUT2D eigenvalue weighted by atomic mass is 16.4. The molecule has 0 aromatic carbocycles. The molecule has 0 fully saturated rings. The number of aromatic carboxylic acids is 1. The van der Waals surface area contributed by atoms with Crippen LogP contribution in [0.15, 0.2) is 12.3 Å². The number of H-pyrrole nitrogens is 2. The molecular weight excluding hydrogens is 188 g/mol. The van der Waals surface area contributed by atoms with Gasteiger partial charge in [0.05, 0.1) is 6.20 Å². The highest BCUT2D eigenvalue weighted by Crippen LogP contribution is 2.13. The molecule has 0 saturated heterocycles. The number of hydrogen-bond donors (Lipinski definition) is 4. The Bertz CT molecular complexity index is 433. The summed E-state index contributed by atoms with van der Waals surface area (Å²) in [6, 6.07) is 1.64. The Labute approximate surface area is 77.3 Å². The van der Waals surface area contributed by atoms with Gasteiger partial charge in [-0.25, -0.2) is 4.79 Å². The maximum absolute atomic E-state index is 10.6. The Hall–Kier alpha value is -2.38. The molecule has 0 amide bonds. The molecule has 2 aromatic heterocycles. The van der Waals surface area contributed by atoms with Crippen LogP contribution in [0.2, 0.25) is 0 Å². The lowest BCUT2D eigenvalue weighted by molar-refractivity contribution is 0.0691. The van der Waals surface area contributed by atoms with Gasteiger partial charge in [-0.15, -0.1) is 10.2 Å². The van der Waals surface area contributed by atoms with Crippen LogP contribution in [0, 0.1) is 0 Å². The number of rotatable bonds is 3. The van der Waals surface area contributed by atoms with Crippen molar-refractivity contribution in [1.82, 2.24) is 25.6 Å². The van der Waals surface area contributed by atoms with Crippen LogP contribution in [-0.2, 0) is 0 Å². The second-order valence-electron chi connectivity index (χ2n) is 2.42. The minimum absolute atomic E-state index is 0.141. The smallest absolute Gasteiger partial charge is 0.360 e. The predicted molar refractivity (Wildman–Crippen MR) is 45.2 cm³/mol. The Morgan fingerprint density at radius 1 is 1.50 bits per heavy atom. The molecule has 0 saturated carbocycles. The topological polar surface area (TPSA) is 120 Å². The van der Waals surface area contributed by atoms with Crippen LogP contribution in [-0.4, -0.2) is 36.7 Å². The Morgan fingerprint density at radius 3 is 3.00 bits per heavy atom. The molecule has 0 aliphatic rings. The summed E-state index contributed by atoms with van der Waals surface area (Å²) in [5.41, 5.74) is -0.167. The third-order valence-corrected chi connectivity index (χ3v) is 1.50. The molecule has 2 aromatic rings. The fraction of sp³-hybridized carbons (Fsp3) is 0. The maximum Gasteiger partial charge on any atom is 0.360 e. The van der Waals surface area contributed by atoms with Crippen molar-refractivity contribution < 1.29 is 9.90 Å². The number of hydrogen-bond acceptors (Lipinski definition) is 5. The van der Waals surface area contributed by atoms with E-state index in [0.29, 0.717) is 5.82 Å². The molecule has 0 bridgehead atoms. The third kappa shape index (κ3) is 1.40. The zero-order chi connectivity index (χ0) is 9.97. The summed E-state index contributed by atoms with van der Waals surface area (Å²) in [5.74, 6) is -0.469. The zero-order valence-electron chi connectivity index (χ0n) is 6.85. The fourth-order valence-electron chi connectivity index (χ4n) is 0.920. The minimum Gasteiger partial charge on any atom is -0.476 e. The molecule has 8 heteroatoms. The van der Waals surface area contributed by atoms with E-state index < -0.39 is 5.97 Å². The molecular formula is C6H6N6O2. The summed E-state index contributed by atoms with van der Waals surface area (Å²) >= 11 is 0. The lowest BCUT2D eigenvalue weighted by atomic mass is 10.4. The van der Waals surface area contributed by atoms with Gasteiger partial charge in [-0.2, -0.15) is 10.3 Å². The first-order valence-corrected chi connectivity index (χ1v) is 3.68. The van der Waals surface area contributed by atoms with Crippen LogP contribution >= 0.6 is 0 Å². The summed E-state index contributed by atoms with van der Waals surface area (Å²) in [4.78, 5) is 10.6. The van der Waals surface area contributed by atoms with Gasteiger partial charge in [-0.1, -0.05) is 0 Å². The predicted octanol–water partition coefficient (Wildman–Crippen LogP) is -0.0304. The average molecular weight is 194 g/mol. The van der Waals surface area contributed by atoms with E-state index in [1.165, 1.54) is 6.20 Å². The number of nitrogens with one attached hydrogen (secondary N) is 3. The van der Waals surface area contributed by atoms with Crippen molar-refractivity contribution in [3.63, 3.8) is 0 Å². The molecule has 0 atom stereocenters. The number of aromatic amines is 2. The summed E-state index contributed by atoms with van der Waals surface area (Å²) in [6.07, 6.45) is 1.53. The van der Waals surface area contributed by atoms with Crippen molar-refractivity contribution in [3.05, 3.63) is 18.0 Å². The van der Waals surface area contributed by atoms with E-state index in [1.54, 1.807) is 6.07 Å². The number of aromatic nitrogens is 5. The van der Waals surface area contributed by atoms with Crippen molar-refractivity contribution >= 4 is 17.6 Å². The SMILES string of the molecule is O=C(O)c1n[nH]nc1Nc1ccn[nH]1. The lowest BCUT2D eigenvalue weighted by Crippen LogP contribution is -2.02. The van der Waals surface area contributed by atoms with E-state index in [9.17, 15) is 4.79 Å². The van der Waals surface area contributed by atoms with Crippen LogP contribution in [0.5, 0.6) is 0 Å². The molecule has 0 radical (unpaired) electrons. The molecule has 8 nitrogen and oxygen atoms in total. The second-order valence-corrected chi connectivity index (χ2v) is 2.42. The molecule has 0 aliphatic heterocycles. The first-order valence-electron chi connectivity index (χ1n) is 3.68. The fourth-order valence-corrected chi connectivity index (χ4v) is 0.920. The molecule has 14 heavy (non-hydrogen) atoms. The Kier molecular flexibility index (Phi) is 1.86. The summed E-state index contributed by atoms with van der Waals surface area (Å²) in [7, 11) is 0. The zero-order valence-corrected chi connectivity index (χ0v) is 6.85. The Morgan fingerprint density at radius 2 is 2.36 bits per heavy atom. The van der Waals surface area contributed by atoms with Crippen molar-refractivity contribution in [3.8, 4) is 0 Å². The largest absolute Gasteiger partial charge is 0.476 e. The number of carbonyl (C=O) groups is 1. The summed E-state index contributed by atoms with van der Waals surface area (Å²) < 4.78 is 0. The highest BCUT2D eigenvalue weighted by Gasteiger charge is 2.15. The summed E-state index contributed by atoms with van der Waals surface area (Å²) in [6.45, 7) is 0. The second kappa shape index (κ2) is 3.17. The van der Waals surface area contributed by atoms with Gasteiger partial charge in [0.15, 0.2) is 5.82 Å². The summed E-state index contributed by atoms with van der Waals surface area (Å²) in [5, 5.41) is 27.0. The first kappa shape index (κ1) is 8.23. The standard InChI is InChI=1S/C6H6N6O2/c13-6(14)4-5(11-12-10-4)8-3-1-2-7-9-3/h1-2H,(H,13,14)(H3,7,8,9,10,11,12). The molecule has 0 spiro atoms. The quantitative estimate of drug-likeness (QED) is 0.544. The molecule has 4 N–H and O–H groups in total. The average Bonchev–Trinajstić information content (AvgIpc) is 2.75. The monoisotopic (exact) mass is 194 g/mol. The van der Waals surface area contributed by atoms with Crippen LogP contribution in [0.3, 0.4) is 0 Å². The molecule has 0 aliphatic carbocycles. The highest BCUT2D eigenvalue weighted by molar-refractivity contribution is 5.91. The van der Waals surface area contributed by atoms with E-state index >= 15 is 0 Å². The van der Waals surface area contributed by atoms with Gasteiger partial charge in [0.2, 0.25) is 5.69 Å². The van der Waals surface area contributed by atoms with Gasteiger partial charge in [0.1, 0.15) is 5.82 Å². The van der Waals surface area contributed by atoms with Crippen LogP contribution < -0.4 is 5.32 Å². The van der Waals surface area contributed by atoms with Crippen molar-refractivity contribution in [2.75, 3.05) is 5.32 Å². The van der Waals surface area contributed by atoms with Gasteiger partial charge in [-0.3, -0.25) is 5.10 Å². The van der Waals surface area contributed by atoms with E-state index in [0.717, 1.165) is 0 Å². The normalized spacial score (nSPS) is 10.0. The van der Waals surface area contributed by atoms with Gasteiger partial charge in [0.25, 0.3) is 0 Å². The maximum atomic E-state index is 10.6. The molecule has 2 rings (SSSR count). The van der Waals surface area contributed by atoms with E-state index in [2.05, 4.69) is 30.9 Å². The van der Waals surface area contributed by atoms with Gasteiger partial charge >= 0.3 is 5.97 Å². The van der Waals surface area contributed by atoms with Gasteiger partial charge in [0, 0.05) is 6.07 Å². The Balaban J connectivity index is 2.25. The van der Waals surface area contributed by atoms with Crippen LogP contribution in [0.4, 0.5) is 11.6 Å². The lowest BCUT2D eigenvalue weighted by Gasteiger charge is -1.97. The third-order valence-electron chi connectivity index (χ3n) is 1.50. The number of anilines is 2. The van der Waals surface area contributed by atoms with E-state index in [4.69, 9.17) is 5.11 Å². The van der Waals surface area contributed by atoms with Crippen molar-refractivity contribution in [2.24, 2.45) is 0 Å². The number of carboxylic acid groups (broad SMARTS) is 1. The van der Waals surface area contributed by atoms with E-state index in [1.807, 2.05) is 0 Å². The molecule has 2 heterocycles. The number of nitrogens with zero attached hydrogens (tertiary/aromatic N) is 3. The van der Waals surface area contributed by atoms with Crippen molar-refractivity contribution in [2.45, 2.75) is 0 Å². The van der Waals surface area contributed by atoms with Crippen molar-refractivity contribution in [1.29, 1.82) is 0 Å². The number of carboxylic acids is 1. The van der Waals surface area contributed by atoms with E-state index in [-0.39, 0.29) is 11.5 Å². The molecule has 0 unspecified atom stereocenters. The minimum atomic E-state index is -1.15. The molecule has 72 valence electrons.